The predicted molar refractivity (Wildman–Crippen MR) is 77.4 cm³/mol. The molecule has 0 heterocycles. The Bertz CT molecular complexity index is 311. The van der Waals surface area contributed by atoms with Gasteiger partial charge in [0.2, 0.25) is 0 Å². The summed E-state index contributed by atoms with van der Waals surface area (Å²) in [7, 11) is 1.68. The molecule has 1 aliphatic carbocycles. The molecule has 0 aromatic heterocycles. The Hall–Kier alpha value is -0.180. The number of ether oxygens (including phenoxy) is 2. The zero-order valence-corrected chi connectivity index (χ0v) is 12.7. The Morgan fingerprint density at radius 2 is 2.06 bits per heavy atom. The fourth-order valence-corrected chi connectivity index (χ4v) is 2.67. The molecule has 1 unspecified atom stereocenters. The third-order valence-electron chi connectivity index (χ3n) is 3.30. The third-order valence-corrected chi connectivity index (χ3v) is 3.71. The maximum atomic E-state index is 5.87. The van der Waals surface area contributed by atoms with Gasteiger partial charge < -0.3 is 9.47 Å². The van der Waals surface area contributed by atoms with Crippen LogP contribution >= 0.6 is 23.2 Å². The summed E-state index contributed by atoms with van der Waals surface area (Å²) >= 11 is 11.7. The van der Waals surface area contributed by atoms with Gasteiger partial charge in [-0.2, -0.15) is 0 Å². The second-order valence-electron chi connectivity index (χ2n) is 4.48. The number of allylic oxidation sites excluding steroid dienone is 4. The van der Waals surface area contributed by atoms with E-state index in [4.69, 9.17) is 32.7 Å². The summed E-state index contributed by atoms with van der Waals surface area (Å²) in [5.41, 5.74) is 2.72. The molecule has 0 amide bonds. The van der Waals surface area contributed by atoms with Crippen molar-refractivity contribution in [2.45, 2.75) is 26.2 Å². The van der Waals surface area contributed by atoms with E-state index in [1.165, 1.54) is 11.1 Å². The van der Waals surface area contributed by atoms with Crippen LogP contribution in [-0.2, 0) is 9.47 Å². The van der Waals surface area contributed by atoms with E-state index in [2.05, 4.69) is 13.0 Å². The average Bonchev–Trinajstić information content (AvgIpc) is 2.35. The Labute approximate surface area is 120 Å². The van der Waals surface area contributed by atoms with Gasteiger partial charge in [0.1, 0.15) is 6.61 Å². The molecule has 0 N–H and O–H groups in total. The SMILES string of the molecule is COCCOC1=CC(CCCl)=C(C)C(CCCl)C1. The van der Waals surface area contributed by atoms with E-state index in [0.29, 0.717) is 30.9 Å². The maximum absolute atomic E-state index is 5.87. The van der Waals surface area contributed by atoms with Gasteiger partial charge in [-0.1, -0.05) is 5.57 Å². The molecule has 0 bridgehead atoms. The molecule has 1 rings (SSSR count). The lowest BCUT2D eigenvalue weighted by Gasteiger charge is -2.26. The Morgan fingerprint density at radius 3 is 2.67 bits per heavy atom. The van der Waals surface area contributed by atoms with Crippen molar-refractivity contribution in [2.24, 2.45) is 5.92 Å². The molecule has 18 heavy (non-hydrogen) atoms. The Morgan fingerprint density at radius 1 is 1.28 bits per heavy atom. The Balaban J connectivity index is 2.70. The normalized spacial score (nSPS) is 20.0. The van der Waals surface area contributed by atoms with E-state index < -0.39 is 0 Å². The lowest BCUT2D eigenvalue weighted by Crippen LogP contribution is -2.14. The lowest BCUT2D eigenvalue weighted by atomic mass is 9.84. The van der Waals surface area contributed by atoms with Gasteiger partial charge >= 0.3 is 0 Å². The van der Waals surface area contributed by atoms with Gasteiger partial charge in [0.25, 0.3) is 0 Å². The van der Waals surface area contributed by atoms with Gasteiger partial charge in [-0.15, -0.1) is 23.2 Å². The molecule has 4 heteroatoms. The first-order chi connectivity index (χ1) is 8.72. The molecule has 104 valence electrons. The highest BCUT2D eigenvalue weighted by molar-refractivity contribution is 6.18. The second kappa shape index (κ2) is 8.84. The summed E-state index contributed by atoms with van der Waals surface area (Å²) < 4.78 is 10.7. The molecule has 0 aromatic carbocycles. The summed E-state index contributed by atoms with van der Waals surface area (Å²) in [6, 6.07) is 0. The zero-order chi connectivity index (χ0) is 13.4. The van der Waals surface area contributed by atoms with Crippen molar-refractivity contribution in [3.8, 4) is 0 Å². The van der Waals surface area contributed by atoms with E-state index in [1.54, 1.807) is 7.11 Å². The van der Waals surface area contributed by atoms with Gasteiger partial charge in [-0.05, 0) is 37.3 Å². The second-order valence-corrected chi connectivity index (χ2v) is 5.23. The van der Waals surface area contributed by atoms with Crippen molar-refractivity contribution >= 4 is 23.2 Å². The molecule has 0 aromatic rings. The highest BCUT2D eigenvalue weighted by Gasteiger charge is 2.21. The van der Waals surface area contributed by atoms with E-state index in [9.17, 15) is 0 Å². The van der Waals surface area contributed by atoms with Crippen molar-refractivity contribution in [3.05, 3.63) is 23.0 Å². The first-order valence-corrected chi connectivity index (χ1v) is 7.43. The van der Waals surface area contributed by atoms with Crippen molar-refractivity contribution in [2.75, 3.05) is 32.1 Å². The molecule has 1 aliphatic rings. The number of methoxy groups -OCH3 is 1. The molecule has 1 atom stereocenters. The zero-order valence-electron chi connectivity index (χ0n) is 11.2. The van der Waals surface area contributed by atoms with Crippen molar-refractivity contribution in [1.82, 2.24) is 0 Å². The van der Waals surface area contributed by atoms with Crippen LogP contribution < -0.4 is 0 Å². The minimum atomic E-state index is 0.489. The number of halogens is 2. The van der Waals surface area contributed by atoms with Gasteiger partial charge in [-0.3, -0.25) is 0 Å². The van der Waals surface area contributed by atoms with Crippen LogP contribution in [0.25, 0.3) is 0 Å². The van der Waals surface area contributed by atoms with E-state index in [0.717, 1.165) is 25.0 Å². The lowest BCUT2D eigenvalue weighted by molar-refractivity contribution is 0.103. The fraction of sp³-hybridized carbons (Fsp3) is 0.714. The Kier molecular flexibility index (Phi) is 7.80. The molecule has 0 saturated heterocycles. The number of alkyl halides is 2. The van der Waals surface area contributed by atoms with Crippen LogP contribution in [0.5, 0.6) is 0 Å². The summed E-state index contributed by atoms with van der Waals surface area (Å²) in [5.74, 6) is 2.85. The average molecular weight is 293 g/mol. The van der Waals surface area contributed by atoms with Crippen LogP contribution in [0.3, 0.4) is 0 Å². The van der Waals surface area contributed by atoms with Crippen molar-refractivity contribution in [3.63, 3.8) is 0 Å². The largest absolute Gasteiger partial charge is 0.496 e. The minimum absolute atomic E-state index is 0.489. The molecule has 0 fully saturated rings. The first-order valence-electron chi connectivity index (χ1n) is 6.36. The summed E-state index contributed by atoms with van der Waals surface area (Å²) in [4.78, 5) is 0. The molecular weight excluding hydrogens is 271 g/mol. The molecular formula is C14H22Cl2O2. The quantitative estimate of drug-likeness (QED) is 0.495. The first kappa shape index (κ1) is 15.9. The van der Waals surface area contributed by atoms with Crippen LogP contribution in [0.15, 0.2) is 23.0 Å². The molecule has 0 saturated carbocycles. The fourth-order valence-electron chi connectivity index (χ4n) is 2.20. The summed E-state index contributed by atoms with van der Waals surface area (Å²) in [6.45, 7) is 3.40. The van der Waals surface area contributed by atoms with Crippen LogP contribution in [0.1, 0.15) is 26.2 Å². The number of hydrogen-bond donors (Lipinski definition) is 0. The van der Waals surface area contributed by atoms with Crippen LogP contribution in [0, 0.1) is 5.92 Å². The van der Waals surface area contributed by atoms with E-state index in [-0.39, 0.29) is 0 Å². The van der Waals surface area contributed by atoms with Gasteiger partial charge in [0.05, 0.1) is 12.4 Å². The monoisotopic (exact) mass is 292 g/mol. The minimum Gasteiger partial charge on any atom is -0.496 e. The molecule has 0 aliphatic heterocycles. The van der Waals surface area contributed by atoms with E-state index in [1.807, 2.05) is 0 Å². The highest BCUT2D eigenvalue weighted by atomic mass is 35.5. The molecule has 0 spiro atoms. The van der Waals surface area contributed by atoms with Crippen LogP contribution in [0.2, 0.25) is 0 Å². The molecule has 0 radical (unpaired) electrons. The van der Waals surface area contributed by atoms with Crippen molar-refractivity contribution in [1.29, 1.82) is 0 Å². The highest BCUT2D eigenvalue weighted by Crippen LogP contribution is 2.33. The number of rotatable bonds is 8. The van der Waals surface area contributed by atoms with Gasteiger partial charge in [0, 0.05) is 25.3 Å². The van der Waals surface area contributed by atoms with Gasteiger partial charge in [-0.25, -0.2) is 0 Å². The predicted octanol–water partition coefficient (Wildman–Crippen LogP) is 4.13. The maximum Gasteiger partial charge on any atom is 0.111 e. The van der Waals surface area contributed by atoms with Crippen molar-refractivity contribution < 1.29 is 9.47 Å². The topological polar surface area (TPSA) is 18.5 Å². The van der Waals surface area contributed by atoms with Crippen LogP contribution in [0.4, 0.5) is 0 Å². The smallest absolute Gasteiger partial charge is 0.111 e. The van der Waals surface area contributed by atoms with E-state index >= 15 is 0 Å². The van der Waals surface area contributed by atoms with Crippen LogP contribution in [-0.4, -0.2) is 32.1 Å². The number of hydrogen-bond acceptors (Lipinski definition) is 2. The summed E-state index contributed by atoms with van der Waals surface area (Å²) in [6.07, 6.45) is 4.96. The molecule has 2 nitrogen and oxygen atoms in total. The summed E-state index contributed by atoms with van der Waals surface area (Å²) in [5, 5.41) is 0. The third kappa shape index (κ3) is 4.83. The standard InChI is InChI=1S/C14H22Cl2O2/c1-11-12(3-5-15)9-14(18-8-7-17-2)10-13(11)4-6-16/h9,13H,3-8,10H2,1-2H3. The van der Waals surface area contributed by atoms with Gasteiger partial charge in [0.15, 0.2) is 0 Å².